The van der Waals surface area contributed by atoms with Gasteiger partial charge in [-0.05, 0) is 60.7 Å². The highest BCUT2D eigenvalue weighted by molar-refractivity contribution is 6.30. The maximum Gasteiger partial charge on any atom is 0.414 e. The van der Waals surface area contributed by atoms with Gasteiger partial charge in [0, 0.05) is 17.0 Å². The SMILES string of the molecule is Clc1ccc(CO[C@@H]2C3CCN(CC3)[C@@H]2C(c2ccccc2)c2ccccc2)cc1.O=C(O)C(=O)O. The van der Waals surface area contributed by atoms with E-state index < -0.39 is 11.9 Å². The predicted molar refractivity (Wildman–Crippen MR) is 138 cm³/mol. The van der Waals surface area contributed by atoms with Gasteiger partial charge >= 0.3 is 11.9 Å². The first kappa shape index (κ1) is 25.9. The molecule has 0 amide bonds. The molecular weight excluding hydrogens is 478 g/mol. The first-order valence-corrected chi connectivity index (χ1v) is 12.5. The van der Waals surface area contributed by atoms with Gasteiger partial charge in [0.15, 0.2) is 0 Å². The second kappa shape index (κ2) is 12.2. The lowest BCUT2D eigenvalue weighted by Gasteiger charge is -2.53. The lowest BCUT2D eigenvalue weighted by atomic mass is 9.72. The van der Waals surface area contributed by atoms with Crippen molar-refractivity contribution in [3.8, 4) is 0 Å². The molecule has 6 rings (SSSR count). The Balaban J connectivity index is 0.000000455. The highest BCUT2D eigenvalue weighted by Gasteiger charge is 2.47. The molecule has 0 aliphatic carbocycles. The van der Waals surface area contributed by atoms with Crippen molar-refractivity contribution in [2.75, 3.05) is 13.1 Å². The van der Waals surface area contributed by atoms with Crippen molar-refractivity contribution in [2.24, 2.45) is 5.92 Å². The summed E-state index contributed by atoms with van der Waals surface area (Å²) in [5, 5.41) is 15.6. The largest absolute Gasteiger partial charge is 0.473 e. The average molecular weight is 508 g/mol. The van der Waals surface area contributed by atoms with Crippen LogP contribution in [0, 0.1) is 5.92 Å². The highest BCUT2D eigenvalue weighted by Crippen LogP contribution is 2.43. The molecule has 2 atom stereocenters. The quantitative estimate of drug-likeness (QED) is 0.440. The predicted octanol–water partition coefficient (Wildman–Crippen LogP) is 5.31. The van der Waals surface area contributed by atoms with Crippen LogP contribution in [-0.4, -0.2) is 52.3 Å². The number of carboxylic acid groups (broad SMARTS) is 2. The number of carbonyl (C=O) groups is 2. The number of hydrogen-bond acceptors (Lipinski definition) is 4. The maximum atomic E-state index is 9.10. The van der Waals surface area contributed by atoms with Crippen molar-refractivity contribution < 1.29 is 24.5 Å². The van der Waals surface area contributed by atoms with Gasteiger partial charge in [0.05, 0.1) is 12.7 Å². The summed E-state index contributed by atoms with van der Waals surface area (Å²) in [5.74, 6) is -2.71. The number of benzene rings is 3. The second-order valence-corrected chi connectivity index (χ2v) is 9.61. The molecule has 3 heterocycles. The van der Waals surface area contributed by atoms with E-state index in [9.17, 15) is 0 Å². The summed E-state index contributed by atoms with van der Waals surface area (Å²) in [6.07, 6.45) is 2.70. The number of aliphatic carboxylic acids is 2. The molecule has 0 spiro atoms. The van der Waals surface area contributed by atoms with Crippen molar-refractivity contribution in [2.45, 2.75) is 37.5 Å². The van der Waals surface area contributed by atoms with E-state index in [1.165, 1.54) is 42.6 Å². The van der Waals surface area contributed by atoms with E-state index in [1.54, 1.807) is 0 Å². The van der Waals surface area contributed by atoms with E-state index in [-0.39, 0.29) is 6.10 Å². The summed E-state index contributed by atoms with van der Waals surface area (Å²) < 4.78 is 6.69. The molecule has 6 nitrogen and oxygen atoms in total. The fourth-order valence-electron chi connectivity index (χ4n) is 5.35. The molecule has 3 aromatic carbocycles. The minimum absolute atomic E-state index is 0.230. The smallest absolute Gasteiger partial charge is 0.414 e. The number of nitrogens with zero attached hydrogens (tertiary/aromatic N) is 1. The number of hydrogen-bond donors (Lipinski definition) is 2. The van der Waals surface area contributed by atoms with Crippen molar-refractivity contribution in [1.82, 2.24) is 4.90 Å². The Kier molecular flexibility index (Phi) is 8.75. The Morgan fingerprint density at radius 3 is 1.81 bits per heavy atom. The van der Waals surface area contributed by atoms with E-state index >= 15 is 0 Å². The van der Waals surface area contributed by atoms with Crippen molar-refractivity contribution in [3.05, 3.63) is 107 Å². The molecule has 3 aliphatic rings. The van der Waals surface area contributed by atoms with Gasteiger partial charge in [-0.25, -0.2) is 9.59 Å². The molecule has 3 saturated heterocycles. The average Bonchev–Trinajstić information content (AvgIpc) is 2.91. The molecule has 0 saturated carbocycles. The minimum Gasteiger partial charge on any atom is -0.473 e. The molecule has 2 bridgehead atoms. The number of ether oxygens (including phenoxy) is 1. The van der Waals surface area contributed by atoms with Gasteiger partial charge in [-0.2, -0.15) is 0 Å². The Morgan fingerprint density at radius 1 is 0.833 bits per heavy atom. The van der Waals surface area contributed by atoms with Gasteiger partial charge in [0.2, 0.25) is 0 Å². The van der Waals surface area contributed by atoms with Crippen molar-refractivity contribution in [1.29, 1.82) is 0 Å². The van der Waals surface area contributed by atoms with Crippen LogP contribution in [-0.2, 0) is 20.9 Å². The molecule has 188 valence electrons. The van der Waals surface area contributed by atoms with Crippen LogP contribution in [0.25, 0.3) is 0 Å². The molecule has 3 fully saturated rings. The van der Waals surface area contributed by atoms with Crippen molar-refractivity contribution in [3.63, 3.8) is 0 Å². The third-order valence-corrected chi connectivity index (χ3v) is 7.25. The number of rotatable bonds is 6. The van der Waals surface area contributed by atoms with Gasteiger partial charge in [-0.1, -0.05) is 84.4 Å². The van der Waals surface area contributed by atoms with E-state index in [0.717, 1.165) is 5.02 Å². The molecule has 0 unspecified atom stereocenters. The van der Waals surface area contributed by atoms with Crippen LogP contribution < -0.4 is 0 Å². The maximum absolute atomic E-state index is 9.10. The zero-order valence-electron chi connectivity index (χ0n) is 19.9. The third-order valence-electron chi connectivity index (χ3n) is 6.99. The fourth-order valence-corrected chi connectivity index (χ4v) is 5.47. The Morgan fingerprint density at radius 2 is 1.33 bits per heavy atom. The number of carboxylic acids is 2. The van der Waals surface area contributed by atoms with Crippen LogP contribution in [0.15, 0.2) is 84.9 Å². The van der Waals surface area contributed by atoms with Gasteiger partial charge in [0.1, 0.15) is 0 Å². The summed E-state index contributed by atoms with van der Waals surface area (Å²) in [6, 6.07) is 30.3. The first-order chi connectivity index (χ1) is 17.4. The Bertz CT molecular complexity index is 1080. The van der Waals surface area contributed by atoms with Crippen LogP contribution in [0.4, 0.5) is 0 Å². The first-order valence-electron chi connectivity index (χ1n) is 12.1. The molecular formula is C29H30ClNO5. The van der Waals surface area contributed by atoms with E-state index in [0.29, 0.717) is 24.5 Å². The zero-order valence-corrected chi connectivity index (χ0v) is 20.6. The summed E-state index contributed by atoms with van der Waals surface area (Å²) in [4.78, 5) is 20.9. The number of halogens is 1. The van der Waals surface area contributed by atoms with Crippen molar-refractivity contribution >= 4 is 23.5 Å². The van der Waals surface area contributed by atoms with Crippen LogP contribution in [0.3, 0.4) is 0 Å². The Hall–Kier alpha value is -3.19. The monoisotopic (exact) mass is 507 g/mol. The summed E-state index contributed by atoms with van der Waals surface area (Å²) in [5.41, 5.74) is 3.94. The molecule has 36 heavy (non-hydrogen) atoms. The van der Waals surface area contributed by atoms with E-state index in [4.69, 9.17) is 36.1 Å². The van der Waals surface area contributed by atoms with Crippen LogP contribution in [0.5, 0.6) is 0 Å². The summed E-state index contributed by atoms with van der Waals surface area (Å²) in [6.45, 7) is 2.98. The minimum atomic E-state index is -1.82. The molecule has 0 aromatic heterocycles. The Labute approximate surface area is 216 Å². The molecule has 0 radical (unpaired) electrons. The van der Waals surface area contributed by atoms with Crippen LogP contribution in [0.2, 0.25) is 5.02 Å². The van der Waals surface area contributed by atoms with Gasteiger partial charge < -0.3 is 14.9 Å². The van der Waals surface area contributed by atoms with Gasteiger partial charge in [0.25, 0.3) is 0 Å². The number of piperidine rings is 3. The summed E-state index contributed by atoms with van der Waals surface area (Å²) >= 11 is 6.06. The molecule has 7 heteroatoms. The standard InChI is InChI=1S/C27H28ClNO.C2H2O4/c28-24-13-11-20(12-14-24)19-30-27-23-15-17-29(18-16-23)26(27)25(21-7-3-1-4-8-21)22-9-5-2-6-10-22;3-1(4)2(5)6/h1-14,23,25-27H,15-19H2;(H,3,4)(H,5,6)/t26-,27-;/m1./s1. The van der Waals surface area contributed by atoms with E-state index in [2.05, 4.69) is 77.7 Å². The fraction of sp³-hybridized carbons (Fsp3) is 0.310. The molecule has 3 aliphatic heterocycles. The van der Waals surface area contributed by atoms with Crippen LogP contribution >= 0.6 is 11.6 Å². The van der Waals surface area contributed by atoms with Crippen LogP contribution in [0.1, 0.15) is 35.4 Å². The summed E-state index contributed by atoms with van der Waals surface area (Å²) in [7, 11) is 0. The highest BCUT2D eigenvalue weighted by atomic mass is 35.5. The topological polar surface area (TPSA) is 87.1 Å². The van der Waals surface area contributed by atoms with Gasteiger partial charge in [-0.3, -0.25) is 4.90 Å². The lowest BCUT2D eigenvalue weighted by Crippen LogP contribution is -2.60. The van der Waals surface area contributed by atoms with Gasteiger partial charge in [-0.15, -0.1) is 0 Å². The van der Waals surface area contributed by atoms with E-state index in [1.807, 2.05) is 12.1 Å². The molecule has 2 N–H and O–H groups in total. The normalized spacial score (nSPS) is 22.5. The number of fused-ring (bicyclic) bond motifs is 3. The lowest BCUT2D eigenvalue weighted by molar-refractivity contribution is -0.159. The molecule has 3 aromatic rings. The third kappa shape index (κ3) is 6.32. The second-order valence-electron chi connectivity index (χ2n) is 9.18. The zero-order chi connectivity index (χ0) is 25.5.